The van der Waals surface area contributed by atoms with Crippen LogP contribution in [0.5, 0.6) is 0 Å². The molecule has 0 saturated carbocycles. The zero-order valence-corrected chi connectivity index (χ0v) is 15.8. The van der Waals surface area contributed by atoms with Gasteiger partial charge in [0.25, 0.3) is 0 Å². The molecule has 2 aromatic heterocycles. The maximum Gasteiger partial charge on any atom is 0.435 e. The van der Waals surface area contributed by atoms with E-state index in [0.717, 1.165) is 22.5 Å². The number of thiazole rings is 1. The van der Waals surface area contributed by atoms with E-state index in [0.29, 0.717) is 19.0 Å². The van der Waals surface area contributed by atoms with Crippen LogP contribution in [0.25, 0.3) is 0 Å². The molecule has 10 heteroatoms. The van der Waals surface area contributed by atoms with Crippen molar-refractivity contribution in [2.45, 2.75) is 39.4 Å². The van der Waals surface area contributed by atoms with Gasteiger partial charge in [0, 0.05) is 49.4 Å². The molecule has 0 atom stereocenters. The van der Waals surface area contributed by atoms with Gasteiger partial charge in [-0.3, -0.25) is 4.68 Å². The van der Waals surface area contributed by atoms with Gasteiger partial charge in [0.15, 0.2) is 11.7 Å². The lowest BCUT2D eigenvalue weighted by molar-refractivity contribution is -0.142. The molecule has 0 saturated heterocycles. The van der Waals surface area contributed by atoms with E-state index in [2.05, 4.69) is 32.6 Å². The molecule has 0 amide bonds. The summed E-state index contributed by atoms with van der Waals surface area (Å²) in [5.74, 6) is 0.469. The quantitative estimate of drug-likeness (QED) is 0.565. The van der Waals surface area contributed by atoms with E-state index in [1.807, 2.05) is 13.1 Å². The number of halogens is 3. The molecule has 0 bridgehead atoms. The Hall–Kier alpha value is -2.10. The van der Waals surface area contributed by atoms with E-state index in [1.54, 1.807) is 11.3 Å². The molecule has 0 aromatic carbocycles. The minimum atomic E-state index is -4.49. The van der Waals surface area contributed by atoms with Crippen LogP contribution in [0.3, 0.4) is 0 Å². The normalized spacial score (nSPS) is 12.5. The second-order valence-electron chi connectivity index (χ2n) is 5.62. The van der Waals surface area contributed by atoms with Crippen molar-refractivity contribution < 1.29 is 13.2 Å². The van der Waals surface area contributed by atoms with Crippen molar-refractivity contribution in [3.05, 3.63) is 33.5 Å². The summed E-state index contributed by atoms with van der Waals surface area (Å²) < 4.78 is 40.1. The van der Waals surface area contributed by atoms with Gasteiger partial charge in [0.05, 0.1) is 11.6 Å². The molecule has 2 aromatic rings. The highest BCUT2D eigenvalue weighted by Crippen LogP contribution is 2.30. The molecule has 0 spiro atoms. The van der Waals surface area contributed by atoms with Crippen molar-refractivity contribution in [1.29, 1.82) is 0 Å². The van der Waals surface area contributed by atoms with Gasteiger partial charge in [-0.05, 0) is 13.3 Å². The van der Waals surface area contributed by atoms with Crippen LogP contribution in [0.15, 0.2) is 17.4 Å². The number of guanidine groups is 1. The first-order chi connectivity index (χ1) is 12.3. The van der Waals surface area contributed by atoms with Crippen molar-refractivity contribution in [3.8, 4) is 0 Å². The van der Waals surface area contributed by atoms with Crippen LogP contribution in [0.2, 0.25) is 0 Å². The third kappa shape index (κ3) is 5.72. The Morgan fingerprint density at radius 1 is 1.31 bits per heavy atom. The summed E-state index contributed by atoms with van der Waals surface area (Å²) >= 11 is 1.67. The van der Waals surface area contributed by atoms with Gasteiger partial charge >= 0.3 is 6.18 Å². The second-order valence-corrected chi connectivity index (χ2v) is 6.82. The number of hydrogen-bond acceptors (Lipinski definition) is 4. The summed E-state index contributed by atoms with van der Waals surface area (Å²) in [4.78, 5) is 9.83. The van der Waals surface area contributed by atoms with Crippen molar-refractivity contribution in [2.24, 2.45) is 12.0 Å². The Labute approximate surface area is 154 Å². The van der Waals surface area contributed by atoms with Gasteiger partial charge in [-0.15, -0.1) is 11.3 Å². The number of aryl methyl sites for hydroxylation is 2. The van der Waals surface area contributed by atoms with Crippen LogP contribution >= 0.6 is 11.3 Å². The van der Waals surface area contributed by atoms with Crippen LogP contribution in [0, 0.1) is 0 Å². The summed E-state index contributed by atoms with van der Waals surface area (Å²) in [5, 5.41) is 10.7. The Morgan fingerprint density at radius 2 is 2.08 bits per heavy atom. The molecule has 6 nitrogen and oxygen atoms in total. The first kappa shape index (κ1) is 20.2. The Morgan fingerprint density at radius 3 is 2.69 bits per heavy atom. The SMILES string of the molecule is CCNC(=NCc1cn(C)nc1C(F)(F)F)NCCc1ncc(CC)s1. The van der Waals surface area contributed by atoms with Crippen molar-refractivity contribution >= 4 is 17.3 Å². The zero-order chi connectivity index (χ0) is 19.2. The molecule has 0 aliphatic heterocycles. The number of alkyl halides is 3. The molecule has 0 fully saturated rings. The highest BCUT2D eigenvalue weighted by atomic mass is 32.1. The number of aliphatic imine (C=N–C) groups is 1. The second kappa shape index (κ2) is 9.02. The van der Waals surface area contributed by atoms with E-state index in [4.69, 9.17) is 0 Å². The number of nitrogens with one attached hydrogen (secondary N) is 2. The predicted molar refractivity (Wildman–Crippen MR) is 96.2 cm³/mol. The lowest BCUT2D eigenvalue weighted by Crippen LogP contribution is -2.38. The maximum atomic E-state index is 13.0. The Bertz CT molecular complexity index is 735. The monoisotopic (exact) mass is 388 g/mol. The van der Waals surface area contributed by atoms with E-state index >= 15 is 0 Å². The van der Waals surface area contributed by atoms with Crippen molar-refractivity contribution in [1.82, 2.24) is 25.4 Å². The van der Waals surface area contributed by atoms with Crippen LogP contribution in [0.1, 0.15) is 35.0 Å². The average molecular weight is 388 g/mol. The molecular weight excluding hydrogens is 365 g/mol. The van der Waals surface area contributed by atoms with E-state index < -0.39 is 11.9 Å². The number of nitrogens with zero attached hydrogens (tertiary/aromatic N) is 4. The van der Waals surface area contributed by atoms with E-state index in [1.165, 1.54) is 18.1 Å². The smallest absolute Gasteiger partial charge is 0.357 e. The number of rotatable bonds is 7. The molecule has 26 heavy (non-hydrogen) atoms. The van der Waals surface area contributed by atoms with Gasteiger partial charge < -0.3 is 10.6 Å². The maximum absolute atomic E-state index is 13.0. The highest BCUT2D eigenvalue weighted by molar-refractivity contribution is 7.11. The standard InChI is InChI=1S/C16H23F3N6S/c1-4-12-9-22-13(26-12)6-7-21-15(20-5-2)23-8-11-10-25(3)24-14(11)16(17,18)19/h9-10H,4-8H2,1-3H3,(H2,20,21,23). The van der Waals surface area contributed by atoms with Gasteiger partial charge in [-0.25, -0.2) is 9.98 Å². The molecule has 0 aliphatic carbocycles. The van der Waals surface area contributed by atoms with Crippen LogP contribution in [0.4, 0.5) is 13.2 Å². The molecular formula is C16H23F3N6S. The largest absolute Gasteiger partial charge is 0.435 e. The summed E-state index contributed by atoms with van der Waals surface area (Å²) in [6, 6.07) is 0. The average Bonchev–Trinajstić information content (AvgIpc) is 3.18. The third-order valence-electron chi connectivity index (χ3n) is 3.51. The first-order valence-corrected chi connectivity index (χ1v) is 9.20. The van der Waals surface area contributed by atoms with Crippen LogP contribution < -0.4 is 10.6 Å². The van der Waals surface area contributed by atoms with E-state index in [-0.39, 0.29) is 12.1 Å². The first-order valence-electron chi connectivity index (χ1n) is 8.39. The molecule has 0 unspecified atom stereocenters. The van der Waals surface area contributed by atoms with Gasteiger partial charge in [-0.2, -0.15) is 18.3 Å². The van der Waals surface area contributed by atoms with Gasteiger partial charge in [-0.1, -0.05) is 6.92 Å². The lowest BCUT2D eigenvalue weighted by Gasteiger charge is -2.11. The number of aromatic nitrogens is 3. The van der Waals surface area contributed by atoms with Crippen molar-refractivity contribution in [2.75, 3.05) is 13.1 Å². The minimum absolute atomic E-state index is 0.0460. The van der Waals surface area contributed by atoms with E-state index in [9.17, 15) is 13.2 Å². The summed E-state index contributed by atoms with van der Waals surface area (Å²) in [6.07, 6.45) is 0.426. The third-order valence-corrected chi connectivity index (χ3v) is 4.71. The lowest BCUT2D eigenvalue weighted by atomic mass is 10.2. The molecule has 0 aliphatic rings. The minimum Gasteiger partial charge on any atom is -0.357 e. The topological polar surface area (TPSA) is 67.1 Å². The Balaban J connectivity index is 1.98. The Kier molecular flexibility index (Phi) is 7.01. The predicted octanol–water partition coefficient (Wildman–Crippen LogP) is 2.76. The zero-order valence-electron chi connectivity index (χ0n) is 15.0. The molecule has 0 radical (unpaired) electrons. The van der Waals surface area contributed by atoms with Gasteiger partial charge in [0.2, 0.25) is 0 Å². The van der Waals surface area contributed by atoms with Gasteiger partial charge in [0.1, 0.15) is 0 Å². The molecule has 144 valence electrons. The highest BCUT2D eigenvalue weighted by Gasteiger charge is 2.36. The molecule has 2 rings (SSSR count). The van der Waals surface area contributed by atoms with Crippen LogP contribution in [-0.4, -0.2) is 33.8 Å². The fraction of sp³-hybridized carbons (Fsp3) is 0.562. The summed E-state index contributed by atoms with van der Waals surface area (Å²) in [5.41, 5.74) is -0.848. The fourth-order valence-electron chi connectivity index (χ4n) is 2.31. The van der Waals surface area contributed by atoms with Crippen molar-refractivity contribution in [3.63, 3.8) is 0 Å². The molecule has 2 heterocycles. The molecule has 2 N–H and O–H groups in total. The fourth-order valence-corrected chi connectivity index (χ4v) is 3.17. The summed E-state index contributed by atoms with van der Waals surface area (Å²) in [6.45, 7) is 5.09. The number of hydrogen-bond donors (Lipinski definition) is 2. The summed E-state index contributed by atoms with van der Waals surface area (Å²) in [7, 11) is 1.46. The van der Waals surface area contributed by atoms with Crippen LogP contribution in [-0.2, 0) is 32.6 Å².